The maximum Gasteiger partial charge on any atom is 0.200 e. The number of aromatic hydroxyl groups is 1. The molecule has 0 aliphatic heterocycles. The number of carbonyl (C=O) groups excluding carboxylic acids is 1. The first-order valence-corrected chi connectivity index (χ1v) is 4.59. The topological polar surface area (TPSA) is 67.5 Å². The van der Waals surface area contributed by atoms with Crippen molar-refractivity contribution < 1.29 is 14.3 Å². The Balaban J connectivity index is 2.73. The predicted molar refractivity (Wildman–Crippen MR) is 59.2 cm³/mol. The van der Waals surface area contributed by atoms with Crippen LogP contribution in [0.4, 0.5) is 0 Å². The molecule has 0 atom stereocenters. The van der Waals surface area contributed by atoms with Gasteiger partial charge in [-0.15, -0.1) is 0 Å². The van der Waals surface area contributed by atoms with Crippen LogP contribution in [-0.2, 0) is 4.79 Å². The zero-order valence-electron chi connectivity index (χ0n) is 8.21. The zero-order chi connectivity index (χ0) is 11.5. The first-order valence-electron chi connectivity index (χ1n) is 4.59. The van der Waals surface area contributed by atoms with Gasteiger partial charge in [-0.3, -0.25) is 9.59 Å². The van der Waals surface area contributed by atoms with E-state index in [4.69, 9.17) is 4.42 Å². The van der Waals surface area contributed by atoms with Crippen molar-refractivity contribution in [2.45, 2.75) is 0 Å². The number of rotatable bonds is 2. The molecular formula is C12H8O4. The molecule has 1 aromatic carbocycles. The Morgan fingerprint density at radius 3 is 2.88 bits per heavy atom. The van der Waals surface area contributed by atoms with Crippen LogP contribution in [0.5, 0.6) is 5.75 Å². The van der Waals surface area contributed by atoms with Crippen molar-refractivity contribution >= 4 is 23.3 Å². The van der Waals surface area contributed by atoms with E-state index in [2.05, 4.69) is 0 Å². The van der Waals surface area contributed by atoms with E-state index in [1.54, 1.807) is 0 Å². The molecule has 0 aliphatic rings. The lowest BCUT2D eigenvalue weighted by molar-refractivity contribution is -0.104. The van der Waals surface area contributed by atoms with Gasteiger partial charge in [0, 0.05) is 0 Å². The largest absolute Gasteiger partial charge is 0.508 e. The molecule has 1 aromatic heterocycles. The lowest BCUT2D eigenvalue weighted by Gasteiger charge is -1.98. The minimum absolute atomic E-state index is 0.00341. The number of hydrogen-bond acceptors (Lipinski definition) is 4. The van der Waals surface area contributed by atoms with Crippen LogP contribution in [0.3, 0.4) is 0 Å². The number of phenolic OH excluding ortho intramolecular Hbond substituents is 1. The molecule has 0 aliphatic carbocycles. The average molecular weight is 216 g/mol. The van der Waals surface area contributed by atoms with Crippen LogP contribution < -0.4 is 5.43 Å². The molecule has 0 spiro atoms. The van der Waals surface area contributed by atoms with Gasteiger partial charge in [0.05, 0.1) is 10.9 Å². The molecule has 0 radical (unpaired) electrons. The molecular weight excluding hydrogens is 208 g/mol. The van der Waals surface area contributed by atoms with Gasteiger partial charge in [0.1, 0.15) is 23.9 Å². The van der Waals surface area contributed by atoms with E-state index >= 15 is 0 Å². The minimum Gasteiger partial charge on any atom is -0.508 e. The highest BCUT2D eigenvalue weighted by Gasteiger charge is 2.05. The lowest BCUT2D eigenvalue weighted by atomic mass is 10.1. The summed E-state index contributed by atoms with van der Waals surface area (Å²) in [7, 11) is 0. The van der Waals surface area contributed by atoms with Crippen molar-refractivity contribution in [1.82, 2.24) is 0 Å². The summed E-state index contributed by atoms with van der Waals surface area (Å²) in [6, 6.07) is 4.28. The van der Waals surface area contributed by atoms with Gasteiger partial charge in [-0.2, -0.15) is 0 Å². The summed E-state index contributed by atoms with van der Waals surface area (Å²) < 4.78 is 5.20. The summed E-state index contributed by atoms with van der Waals surface area (Å²) in [5.74, 6) is -0.00341. The van der Waals surface area contributed by atoms with E-state index in [0.29, 0.717) is 11.9 Å². The van der Waals surface area contributed by atoms with Gasteiger partial charge < -0.3 is 9.52 Å². The molecule has 0 amide bonds. The van der Waals surface area contributed by atoms with Gasteiger partial charge in [-0.25, -0.2) is 0 Å². The fraction of sp³-hybridized carbons (Fsp3) is 0. The van der Waals surface area contributed by atoms with Crippen molar-refractivity contribution in [3.63, 3.8) is 0 Å². The number of phenols is 1. The van der Waals surface area contributed by atoms with Crippen molar-refractivity contribution in [2.24, 2.45) is 0 Å². The third kappa shape index (κ3) is 1.72. The van der Waals surface area contributed by atoms with Gasteiger partial charge in [0.15, 0.2) is 5.43 Å². The molecule has 0 saturated heterocycles. The Morgan fingerprint density at radius 2 is 2.12 bits per heavy atom. The maximum atomic E-state index is 11.8. The summed E-state index contributed by atoms with van der Waals surface area (Å²) in [4.78, 5) is 22.0. The molecule has 16 heavy (non-hydrogen) atoms. The molecule has 4 heteroatoms. The third-order valence-electron chi connectivity index (χ3n) is 2.14. The van der Waals surface area contributed by atoms with Crippen molar-refractivity contribution in [3.05, 3.63) is 46.3 Å². The maximum absolute atomic E-state index is 11.8. The molecule has 4 nitrogen and oxygen atoms in total. The van der Waals surface area contributed by atoms with Gasteiger partial charge in [0.25, 0.3) is 0 Å². The Hall–Kier alpha value is -2.36. The van der Waals surface area contributed by atoms with Crippen LogP contribution in [0.15, 0.2) is 39.7 Å². The number of allylic oxidation sites excluding steroid dienone is 1. The first-order chi connectivity index (χ1) is 7.72. The van der Waals surface area contributed by atoms with E-state index in [1.165, 1.54) is 36.6 Å². The van der Waals surface area contributed by atoms with E-state index in [9.17, 15) is 14.7 Å². The molecule has 1 N–H and O–H groups in total. The van der Waals surface area contributed by atoms with Crippen LogP contribution in [0.25, 0.3) is 17.0 Å². The monoisotopic (exact) mass is 216 g/mol. The number of fused-ring (bicyclic) bond motifs is 1. The first kappa shape index (κ1) is 10.2. The highest BCUT2D eigenvalue weighted by atomic mass is 16.3. The average Bonchev–Trinajstić information content (AvgIpc) is 2.29. The quantitative estimate of drug-likeness (QED) is 0.613. The Bertz CT molecular complexity index is 622. The zero-order valence-corrected chi connectivity index (χ0v) is 8.21. The Kier molecular flexibility index (Phi) is 2.55. The van der Waals surface area contributed by atoms with Gasteiger partial charge >= 0.3 is 0 Å². The molecule has 80 valence electrons. The molecule has 2 aromatic rings. The standard InChI is InChI=1S/C12H8O4/c13-5-1-2-8-7-16-11-4-3-9(14)6-10(11)12(8)15/h1-7,14H/b2-1+. The fourth-order valence-corrected chi connectivity index (χ4v) is 1.39. The molecule has 2 rings (SSSR count). The highest BCUT2D eigenvalue weighted by Crippen LogP contribution is 2.17. The number of carbonyl (C=O) groups is 1. The second-order valence-corrected chi connectivity index (χ2v) is 3.20. The van der Waals surface area contributed by atoms with Crippen LogP contribution in [0.1, 0.15) is 5.56 Å². The second-order valence-electron chi connectivity index (χ2n) is 3.20. The highest BCUT2D eigenvalue weighted by molar-refractivity contribution is 5.81. The summed E-state index contributed by atoms with van der Waals surface area (Å²) in [6.45, 7) is 0. The van der Waals surface area contributed by atoms with E-state index < -0.39 is 0 Å². The number of aldehydes is 1. The van der Waals surface area contributed by atoms with E-state index in [0.717, 1.165) is 0 Å². The van der Waals surface area contributed by atoms with Crippen molar-refractivity contribution in [3.8, 4) is 5.75 Å². The van der Waals surface area contributed by atoms with Gasteiger partial charge in [-0.1, -0.05) is 0 Å². The summed E-state index contributed by atoms with van der Waals surface area (Å²) in [5.41, 5.74) is 0.381. The molecule has 0 saturated carbocycles. The van der Waals surface area contributed by atoms with Crippen LogP contribution >= 0.6 is 0 Å². The van der Waals surface area contributed by atoms with E-state index in [1.807, 2.05) is 0 Å². The van der Waals surface area contributed by atoms with Gasteiger partial charge in [-0.05, 0) is 30.4 Å². The second kappa shape index (κ2) is 4.02. The lowest BCUT2D eigenvalue weighted by Crippen LogP contribution is -2.04. The molecule has 0 unspecified atom stereocenters. The third-order valence-corrected chi connectivity index (χ3v) is 2.14. The van der Waals surface area contributed by atoms with Crippen LogP contribution in [0.2, 0.25) is 0 Å². The fourth-order valence-electron chi connectivity index (χ4n) is 1.39. The normalized spacial score (nSPS) is 11.0. The van der Waals surface area contributed by atoms with Crippen LogP contribution in [-0.4, -0.2) is 11.4 Å². The molecule has 0 bridgehead atoms. The molecule has 0 fully saturated rings. The summed E-state index contributed by atoms with van der Waals surface area (Å²) >= 11 is 0. The number of benzene rings is 1. The van der Waals surface area contributed by atoms with Crippen molar-refractivity contribution in [1.29, 1.82) is 0 Å². The summed E-state index contributed by atoms with van der Waals surface area (Å²) in [6.07, 6.45) is 4.43. The minimum atomic E-state index is -0.282. The van der Waals surface area contributed by atoms with Crippen molar-refractivity contribution in [2.75, 3.05) is 0 Å². The van der Waals surface area contributed by atoms with E-state index in [-0.39, 0.29) is 22.1 Å². The van der Waals surface area contributed by atoms with Gasteiger partial charge in [0.2, 0.25) is 0 Å². The predicted octanol–water partition coefficient (Wildman–Crippen LogP) is 1.71. The Labute approximate surface area is 90.4 Å². The molecule has 1 heterocycles. The summed E-state index contributed by atoms with van der Waals surface area (Å²) in [5, 5.41) is 9.55. The smallest absolute Gasteiger partial charge is 0.200 e. The number of hydrogen-bond donors (Lipinski definition) is 1. The Morgan fingerprint density at radius 1 is 1.31 bits per heavy atom. The SMILES string of the molecule is O=C/C=C/c1coc2ccc(O)cc2c1=O. The van der Waals surface area contributed by atoms with Crippen LogP contribution in [0, 0.1) is 0 Å².